The van der Waals surface area contributed by atoms with Crippen LogP contribution < -0.4 is 11.5 Å². The summed E-state index contributed by atoms with van der Waals surface area (Å²) < 4.78 is 4.52. The fraction of sp³-hybridized carbons (Fsp3) is 0.200. The Balaban J connectivity index is 2.78. The number of nitrogens with two attached hydrogens (primary N) is 2. The van der Waals surface area contributed by atoms with Gasteiger partial charge in [-0.25, -0.2) is 4.79 Å². The van der Waals surface area contributed by atoms with Crippen LogP contribution >= 0.6 is 0 Å². The summed E-state index contributed by atoms with van der Waals surface area (Å²) >= 11 is 0. The molecule has 1 aromatic rings. The van der Waals surface area contributed by atoms with Crippen molar-refractivity contribution in [2.24, 2.45) is 11.5 Å². The van der Waals surface area contributed by atoms with Crippen LogP contribution in [0.25, 0.3) is 0 Å². The Morgan fingerprint density at radius 2 is 1.83 bits per heavy atom. The first-order valence-electron chi connectivity index (χ1n) is 4.89. The standard InChI is InChI=1S/C10H11N3O5/c11-9(14)8(18-10(12)15)5-6-1-3-7(4-2-6)13(16)17/h1-4,8H,5H2,(H2,11,14)(H2,12,15). The molecule has 0 spiro atoms. The highest BCUT2D eigenvalue weighted by Crippen LogP contribution is 2.14. The zero-order valence-electron chi connectivity index (χ0n) is 9.24. The van der Waals surface area contributed by atoms with Gasteiger partial charge in [0.25, 0.3) is 11.6 Å². The Kier molecular flexibility index (Phi) is 4.19. The normalized spacial score (nSPS) is 11.6. The molecule has 0 aromatic heterocycles. The zero-order valence-corrected chi connectivity index (χ0v) is 9.24. The molecule has 0 aliphatic rings. The average molecular weight is 253 g/mol. The van der Waals surface area contributed by atoms with E-state index in [4.69, 9.17) is 11.5 Å². The van der Waals surface area contributed by atoms with Crippen molar-refractivity contribution in [1.82, 2.24) is 0 Å². The molecule has 18 heavy (non-hydrogen) atoms. The third-order valence-corrected chi connectivity index (χ3v) is 2.14. The SMILES string of the molecule is NC(=O)OC(Cc1ccc([N+](=O)[O-])cc1)C(N)=O. The highest BCUT2D eigenvalue weighted by atomic mass is 16.6. The summed E-state index contributed by atoms with van der Waals surface area (Å²) in [6.45, 7) is 0. The van der Waals surface area contributed by atoms with Crippen molar-refractivity contribution in [3.05, 3.63) is 39.9 Å². The number of non-ortho nitro benzene ring substituents is 1. The van der Waals surface area contributed by atoms with E-state index in [0.717, 1.165) is 0 Å². The van der Waals surface area contributed by atoms with E-state index in [-0.39, 0.29) is 12.1 Å². The monoisotopic (exact) mass is 253 g/mol. The lowest BCUT2D eigenvalue weighted by Crippen LogP contribution is -2.36. The molecule has 0 fully saturated rings. The second-order valence-electron chi connectivity index (χ2n) is 3.46. The van der Waals surface area contributed by atoms with Crippen molar-refractivity contribution in [3.63, 3.8) is 0 Å². The molecule has 0 saturated carbocycles. The van der Waals surface area contributed by atoms with E-state index >= 15 is 0 Å². The maximum atomic E-state index is 11.0. The topological polar surface area (TPSA) is 139 Å². The second kappa shape index (κ2) is 5.62. The molecule has 1 rings (SSSR count). The van der Waals surface area contributed by atoms with Crippen LogP contribution in [0.4, 0.5) is 10.5 Å². The number of ether oxygens (including phenoxy) is 1. The highest BCUT2D eigenvalue weighted by Gasteiger charge is 2.19. The lowest BCUT2D eigenvalue weighted by molar-refractivity contribution is -0.384. The van der Waals surface area contributed by atoms with Gasteiger partial charge in [-0.3, -0.25) is 14.9 Å². The molecular weight excluding hydrogens is 242 g/mol. The molecule has 0 aliphatic heterocycles. The number of nitro benzene ring substituents is 1. The molecule has 0 aliphatic carbocycles. The van der Waals surface area contributed by atoms with Crippen molar-refractivity contribution >= 4 is 17.7 Å². The number of primary amides is 2. The summed E-state index contributed by atoms with van der Waals surface area (Å²) in [5, 5.41) is 10.4. The Morgan fingerprint density at radius 3 is 2.22 bits per heavy atom. The highest BCUT2D eigenvalue weighted by molar-refractivity contribution is 5.81. The molecule has 8 heteroatoms. The minimum Gasteiger partial charge on any atom is -0.436 e. The van der Waals surface area contributed by atoms with Gasteiger partial charge in [0.05, 0.1) is 4.92 Å². The largest absolute Gasteiger partial charge is 0.436 e. The van der Waals surface area contributed by atoms with Crippen LogP contribution in [0.2, 0.25) is 0 Å². The molecule has 1 aromatic carbocycles. The van der Waals surface area contributed by atoms with E-state index in [2.05, 4.69) is 4.74 Å². The summed E-state index contributed by atoms with van der Waals surface area (Å²) in [5.74, 6) is -0.841. The molecule has 1 unspecified atom stereocenters. The first kappa shape index (κ1) is 13.4. The van der Waals surface area contributed by atoms with Gasteiger partial charge < -0.3 is 16.2 Å². The predicted molar refractivity (Wildman–Crippen MR) is 60.5 cm³/mol. The summed E-state index contributed by atoms with van der Waals surface area (Å²) in [5.41, 5.74) is 10.3. The quantitative estimate of drug-likeness (QED) is 0.565. The smallest absolute Gasteiger partial charge is 0.405 e. The van der Waals surface area contributed by atoms with Crippen molar-refractivity contribution in [2.45, 2.75) is 12.5 Å². The van der Waals surface area contributed by atoms with Gasteiger partial charge in [-0.2, -0.15) is 0 Å². The fourth-order valence-electron chi connectivity index (χ4n) is 1.31. The van der Waals surface area contributed by atoms with Crippen LogP contribution in [0, 0.1) is 10.1 Å². The maximum Gasteiger partial charge on any atom is 0.405 e. The van der Waals surface area contributed by atoms with E-state index in [1.807, 2.05) is 0 Å². The zero-order chi connectivity index (χ0) is 13.7. The van der Waals surface area contributed by atoms with Crippen LogP contribution in [0.1, 0.15) is 5.56 Å². The predicted octanol–water partition coefficient (Wildman–Crippen LogP) is 0.0865. The van der Waals surface area contributed by atoms with E-state index in [0.29, 0.717) is 5.56 Å². The van der Waals surface area contributed by atoms with Crippen molar-refractivity contribution in [1.29, 1.82) is 0 Å². The van der Waals surface area contributed by atoms with Crippen LogP contribution in [-0.2, 0) is 16.0 Å². The first-order chi connectivity index (χ1) is 8.40. The van der Waals surface area contributed by atoms with Gasteiger partial charge in [0.1, 0.15) is 0 Å². The summed E-state index contributed by atoms with van der Waals surface area (Å²) in [4.78, 5) is 31.4. The minimum atomic E-state index is -1.19. The van der Waals surface area contributed by atoms with Crippen LogP contribution in [-0.4, -0.2) is 23.0 Å². The molecule has 8 nitrogen and oxygen atoms in total. The van der Waals surface area contributed by atoms with Gasteiger partial charge in [0.2, 0.25) is 0 Å². The molecule has 4 N–H and O–H groups in total. The number of hydrogen-bond acceptors (Lipinski definition) is 5. The van der Waals surface area contributed by atoms with Crippen molar-refractivity contribution in [2.75, 3.05) is 0 Å². The number of rotatable bonds is 5. The van der Waals surface area contributed by atoms with E-state index in [9.17, 15) is 19.7 Å². The Hall–Kier alpha value is -2.64. The van der Waals surface area contributed by atoms with Gasteiger partial charge in [-0.05, 0) is 5.56 Å². The fourth-order valence-corrected chi connectivity index (χ4v) is 1.31. The van der Waals surface area contributed by atoms with Gasteiger partial charge in [-0.1, -0.05) is 12.1 Å². The molecule has 1 atom stereocenters. The molecule has 0 bridgehead atoms. The summed E-state index contributed by atoms with van der Waals surface area (Å²) in [7, 11) is 0. The van der Waals surface area contributed by atoms with Gasteiger partial charge in [0, 0.05) is 18.6 Å². The van der Waals surface area contributed by atoms with E-state index < -0.39 is 23.0 Å². The summed E-state index contributed by atoms with van der Waals surface area (Å²) in [6, 6.07) is 5.44. The number of carbonyl (C=O) groups excluding carboxylic acids is 2. The number of amides is 2. The van der Waals surface area contributed by atoms with Gasteiger partial charge in [0.15, 0.2) is 6.10 Å². The van der Waals surface area contributed by atoms with Crippen LogP contribution in [0.5, 0.6) is 0 Å². The van der Waals surface area contributed by atoms with Crippen LogP contribution in [0.3, 0.4) is 0 Å². The number of hydrogen-bond donors (Lipinski definition) is 2. The Morgan fingerprint density at radius 1 is 1.28 bits per heavy atom. The van der Waals surface area contributed by atoms with Crippen molar-refractivity contribution < 1.29 is 19.2 Å². The third-order valence-electron chi connectivity index (χ3n) is 2.14. The van der Waals surface area contributed by atoms with Crippen LogP contribution in [0.15, 0.2) is 24.3 Å². The minimum absolute atomic E-state index is 0.0102. The number of nitrogens with zero attached hydrogens (tertiary/aromatic N) is 1. The number of carbonyl (C=O) groups is 2. The lowest BCUT2D eigenvalue weighted by Gasteiger charge is -2.12. The Bertz CT molecular complexity index is 471. The molecule has 0 radical (unpaired) electrons. The lowest BCUT2D eigenvalue weighted by atomic mass is 10.1. The molecular formula is C10H11N3O5. The van der Waals surface area contributed by atoms with Crippen molar-refractivity contribution in [3.8, 4) is 0 Å². The molecule has 96 valence electrons. The Labute approximate surface area is 102 Å². The molecule has 2 amide bonds. The number of benzene rings is 1. The van der Waals surface area contributed by atoms with E-state index in [1.165, 1.54) is 24.3 Å². The molecule has 0 saturated heterocycles. The second-order valence-corrected chi connectivity index (χ2v) is 3.46. The van der Waals surface area contributed by atoms with Gasteiger partial charge >= 0.3 is 6.09 Å². The third kappa shape index (κ3) is 3.74. The first-order valence-corrected chi connectivity index (χ1v) is 4.89. The summed E-state index contributed by atoms with van der Waals surface area (Å²) in [6.07, 6.45) is -2.29. The van der Waals surface area contributed by atoms with E-state index in [1.54, 1.807) is 0 Å². The van der Waals surface area contributed by atoms with Gasteiger partial charge in [-0.15, -0.1) is 0 Å². The molecule has 0 heterocycles. The number of nitro groups is 1. The maximum absolute atomic E-state index is 11.0. The average Bonchev–Trinajstić information content (AvgIpc) is 2.28.